The maximum atomic E-state index is 12.2. The highest BCUT2D eigenvalue weighted by atomic mass is 35.5. The lowest BCUT2D eigenvalue weighted by molar-refractivity contribution is 0.521. The summed E-state index contributed by atoms with van der Waals surface area (Å²) in [5, 5.41) is 0.453. The number of benzene rings is 2. The summed E-state index contributed by atoms with van der Waals surface area (Å²) in [5.41, 5.74) is 2.23. The van der Waals surface area contributed by atoms with Crippen LogP contribution in [0.25, 0.3) is 22.1 Å². The molecule has 7 heteroatoms. The largest absolute Gasteiger partial charge is 0.337 e. The predicted molar refractivity (Wildman–Crippen MR) is 97.1 cm³/mol. The van der Waals surface area contributed by atoms with Crippen LogP contribution in [0, 0.1) is 0 Å². The van der Waals surface area contributed by atoms with Gasteiger partial charge in [-0.05, 0) is 29.8 Å². The van der Waals surface area contributed by atoms with Crippen molar-refractivity contribution < 1.29 is 8.42 Å². The van der Waals surface area contributed by atoms with Gasteiger partial charge in [-0.1, -0.05) is 41.9 Å². The lowest BCUT2D eigenvalue weighted by Gasteiger charge is -2.10. The van der Waals surface area contributed by atoms with Gasteiger partial charge >= 0.3 is 0 Å². The van der Waals surface area contributed by atoms with E-state index in [4.69, 9.17) is 11.6 Å². The van der Waals surface area contributed by atoms with E-state index >= 15 is 0 Å². The summed E-state index contributed by atoms with van der Waals surface area (Å²) in [6, 6.07) is 14.4. The van der Waals surface area contributed by atoms with Gasteiger partial charge in [-0.2, -0.15) is 0 Å². The second kappa shape index (κ2) is 6.39. The Morgan fingerprint density at radius 1 is 1.17 bits per heavy atom. The van der Waals surface area contributed by atoms with Crippen molar-refractivity contribution in [2.75, 3.05) is 14.1 Å². The van der Waals surface area contributed by atoms with E-state index in [1.807, 2.05) is 30.3 Å². The number of sulfonamides is 1. The van der Waals surface area contributed by atoms with Gasteiger partial charge in [0.1, 0.15) is 5.82 Å². The molecule has 1 N–H and O–H groups in total. The SMILES string of the molecule is CN(C)S(=O)(=O)c1ccc2nc(/C(Cl)=C/c3ccccc3)[nH]c2c1. The van der Waals surface area contributed by atoms with E-state index in [-0.39, 0.29) is 4.90 Å². The Morgan fingerprint density at radius 3 is 2.54 bits per heavy atom. The summed E-state index contributed by atoms with van der Waals surface area (Å²) in [6.07, 6.45) is 1.80. The molecule has 1 aromatic heterocycles. The fourth-order valence-corrected chi connectivity index (χ4v) is 3.38. The molecule has 2 aromatic carbocycles. The highest BCUT2D eigenvalue weighted by Gasteiger charge is 2.18. The summed E-state index contributed by atoms with van der Waals surface area (Å²) >= 11 is 6.33. The van der Waals surface area contributed by atoms with Gasteiger partial charge in [0.05, 0.1) is 21.0 Å². The number of imidazole rings is 1. The third kappa shape index (κ3) is 3.21. The van der Waals surface area contributed by atoms with Crippen LogP contribution in [-0.2, 0) is 10.0 Å². The highest BCUT2D eigenvalue weighted by molar-refractivity contribution is 7.89. The molecule has 0 aliphatic carbocycles. The van der Waals surface area contributed by atoms with Crippen LogP contribution in [-0.4, -0.2) is 36.8 Å². The first-order valence-corrected chi connectivity index (χ1v) is 9.04. The monoisotopic (exact) mass is 361 g/mol. The Bertz CT molecular complexity index is 1010. The maximum absolute atomic E-state index is 12.2. The third-order valence-corrected chi connectivity index (χ3v) is 5.65. The van der Waals surface area contributed by atoms with Crippen LogP contribution in [0.3, 0.4) is 0 Å². The molecular weight excluding hydrogens is 346 g/mol. The summed E-state index contributed by atoms with van der Waals surface area (Å²) in [5.74, 6) is 0.495. The molecule has 0 bridgehead atoms. The van der Waals surface area contributed by atoms with Crippen LogP contribution < -0.4 is 0 Å². The normalized spacial score (nSPS) is 12.9. The molecule has 0 spiro atoms. The third-order valence-electron chi connectivity index (χ3n) is 3.55. The van der Waals surface area contributed by atoms with Crippen molar-refractivity contribution in [3.63, 3.8) is 0 Å². The van der Waals surface area contributed by atoms with Crippen LogP contribution in [0.15, 0.2) is 53.4 Å². The number of fused-ring (bicyclic) bond motifs is 1. The molecule has 0 atom stereocenters. The summed E-state index contributed by atoms with van der Waals surface area (Å²) in [4.78, 5) is 7.69. The minimum atomic E-state index is -3.49. The van der Waals surface area contributed by atoms with Crippen molar-refractivity contribution >= 4 is 43.8 Å². The number of halogens is 1. The van der Waals surface area contributed by atoms with E-state index in [9.17, 15) is 8.42 Å². The van der Waals surface area contributed by atoms with Crippen molar-refractivity contribution in [3.05, 3.63) is 59.9 Å². The van der Waals surface area contributed by atoms with Gasteiger partial charge in [-0.15, -0.1) is 0 Å². The predicted octanol–water partition coefficient (Wildman–Crippen LogP) is 3.55. The van der Waals surface area contributed by atoms with E-state index in [1.54, 1.807) is 18.2 Å². The summed E-state index contributed by atoms with van der Waals surface area (Å²) < 4.78 is 25.6. The molecule has 124 valence electrons. The molecule has 3 rings (SSSR count). The number of rotatable bonds is 4. The van der Waals surface area contributed by atoms with Crippen LogP contribution in [0.1, 0.15) is 11.4 Å². The van der Waals surface area contributed by atoms with Gasteiger partial charge in [0.2, 0.25) is 10.0 Å². The number of nitrogens with zero attached hydrogens (tertiary/aromatic N) is 2. The zero-order chi connectivity index (χ0) is 17.3. The molecule has 3 aromatic rings. The van der Waals surface area contributed by atoms with E-state index in [1.165, 1.54) is 24.5 Å². The average Bonchev–Trinajstić information content (AvgIpc) is 2.99. The summed E-state index contributed by atoms with van der Waals surface area (Å²) in [7, 11) is -0.495. The maximum Gasteiger partial charge on any atom is 0.242 e. The number of nitrogens with one attached hydrogen (secondary N) is 1. The number of hydrogen-bond donors (Lipinski definition) is 1. The van der Waals surface area contributed by atoms with Crippen molar-refractivity contribution in [2.24, 2.45) is 0 Å². The number of aromatic amines is 1. The lowest BCUT2D eigenvalue weighted by Crippen LogP contribution is -2.22. The van der Waals surface area contributed by atoms with Crippen molar-refractivity contribution in [1.29, 1.82) is 0 Å². The molecule has 0 amide bonds. The van der Waals surface area contributed by atoms with Crippen molar-refractivity contribution in [2.45, 2.75) is 4.90 Å². The Balaban J connectivity index is 2.02. The Hall–Kier alpha value is -2.15. The van der Waals surface area contributed by atoms with Gasteiger partial charge < -0.3 is 4.98 Å². The van der Waals surface area contributed by atoms with Gasteiger partial charge in [-0.25, -0.2) is 17.7 Å². The highest BCUT2D eigenvalue weighted by Crippen LogP contribution is 2.24. The average molecular weight is 362 g/mol. The topological polar surface area (TPSA) is 66.1 Å². The second-order valence-electron chi connectivity index (χ2n) is 5.45. The fraction of sp³-hybridized carbons (Fsp3) is 0.118. The van der Waals surface area contributed by atoms with Crippen molar-refractivity contribution in [3.8, 4) is 0 Å². The van der Waals surface area contributed by atoms with Gasteiger partial charge in [0.25, 0.3) is 0 Å². The lowest BCUT2D eigenvalue weighted by atomic mass is 10.2. The molecule has 5 nitrogen and oxygen atoms in total. The number of aromatic nitrogens is 2. The van der Waals surface area contributed by atoms with Crippen LogP contribution in [0.2, 0.25) is 0 Å². The zero-order valence-electron chi connectivity index (χ0n) is 13.2. The first-order valence-electron chi connectivity index (χ1n) is 7.23. The standard InChI is InChI=1S/C17H16ClN3O2S/c1-21(2)24(22,23)13-8-9-15-16(11-13)20-17(19-15)14(18)10-12-6-4-3-5-7-12/h3-11H,1-2H3,(H,19,20)/b14-10-. The molecule has 0 saturated carbocycles. The molecule has 0 radical (unpaired) electrons. The molecule has 0 aliphatic rings. The van der Waals surface area contributed by atoms with Gasteiger partial charge in [-0.3, -0.25) is 0 Å². The Kier molecular flexibility index (Phi) is 4.45. The Morgan fingerprint density at radius 2 is 1.88 bits per heavy atom. The molecular formula is C17H16ClN3O2S. The molecule has 0 fully saturated rings. The van der Waals surface area contributed by atoms with E-state index in [0.717, 1.165) is 5.56 Å². The smallest absolute Gasteiger partial charge is 0.242 e. The minimum absolute atomic E-state index is 0.207. The Labute approximate surface area is 145 Å². The molecule has 24 heavy (non-hydrogen) atoms. The molecule has 0 aliphatic heterocycles. The van der Waals surface area contributed by atoms with Gasteiger partial charge in [0, 0.05) is 14.1 Å². The molecule has 0 unspecified atom stereocenters. The van der Waals surface area contributed by atoms with Crippen molar-refractivity contribution in [1.82, 2.24) is 14.3 Å². The van der Waals surface area contributed by atoms with E-state index in [0.29, 0.717) is 21.9 Å². The first-order chi connectivity index (χ1) is 11.4. The van der Waals surface area contributed by atoms with Gasteiger partial charge in [0.15, 0.2) is 0 Å². The zero-order valence-corrected chi connectivity index (χ0v) is 14.8. The number of H-pyrrole nitrogens is 1. The quantitative estimate of drug-likeness (QED) is 0.772. The van der Waals surface area contributed by atoms with E-state index in [2.05, 4.69) is 9.97 Å². The molecule has 1 heterocycles. The van der Waals surface area contributed by atoms with Crippen LogP contribution in [0.4, 0.5) is 0 Å². The second-order valence-corrected chi connectivity index (χ2v) is 8.01. The first kappa shape index (κ1) is 16.7. The summed E-state index contributed by atoms with van der Waals surface area (Å²) in [6.45, 7) is 0. The van der Waals surface area contributed by atoms with Crippen LogP contribution >= 0.6 is 11.6 Å². The van der Waals surface area contributed by atoms with Crippen LogP contribution in [0.5, 0.6) is 0 Å². The number of hydrogen-bond acceptors (Lipinski definition) is 3. The van der Waals surface area contributed by atoms with E-state index < -0.39 is 10.0 Å². The fourth-order valence-electron chi connectivity index (χ4n) is 2.24. The molecule has 0 saturated heterocycles. The minimum Gasteiger partial charge on any atom is -0.337 e.